The maximum atomic E-state index is 8.89. The highest BCUT2D eigenvalue weighted by Crippen LogP contribution is 2.27. The van der Waals surface area contributed by atoms with Crippen LogP contribution in [0.2, 0.25) is 0 Å². The maximum absolute atomic E-state index is 8.89. The molecule has 7 heteroatoms. The van der Waals surface area contributed by atoms with Crippen LogP contribution in [0.1, 0.15) is 28.8 Å². The molecule has 3 rings (SSSR count). The van der Waals surface area contributed by atoms with Gasteiger partial charge in [0, 0.05) is 60.1 Å². The Morgan fingerprint density at radius 3 is 2.96 bits per heavy atom. The van der Waals surface area contributed by atoms with Crippen molar-refractivity contribution in [1.29, 1.82) is 10.7 Å². The van der Waals surface area contributed by atoms with E-state index in [1.807, 2.05) is 38.2 Å². The van der Waals surface area contributed by atoms with Crippen molar-refractivity contribution in [1.82, 2.24) is 15.2 Å². The number of nitriles is 1. The molecular weight excluding hydrogens is 350 g/mol. The van der Waals surface area contributed by atoms with E-state index in [0.717, 1.165) is 47.6 Å². The number of nitrogens with two attached hydrogens (primary N) is 1. The van der Waals surface area contributed by atoms with Crippen molar-refractivity contribution < 1.29 is 0 Å². The Balaban J connectivity index is 1.86. The minimum Gasteiger partial charge on any atom is -0.398 e. The number of pyridine rings is 1. The lowest BCUT2D eigenvalue weighted by atomic mass is 9.97. The third-order valence-corrected chi connectivity index (χ3v) is 5.02. The lowest BCUT2D eigenvalue weighted by molar-refractivity contribution is 0.378. The van der Waals surface area contributed by atoms with E-state index in [-0.39, 0.29) is 6.04 Å². The van der Waals surface area contributed by atoms with E-state index in [2.05, 4.69) is 26.6 Å². The molecule has 0 spiro atoms. The largest absolute Gasteiger partial charge is 0.398 e. The Hall–Kier alpha value is -2.95. The van der Waals surface area contributed by atoms with Gasteiger partial charge in [-0.15, -0.1) is 0 Å². The average Bonchev–Trinajstić information content (AvgIpc) is 3.11. The molecule has 0 radical (unpaired) electrons. The van der Waals surface area contributed by atoms with Gasteiger partial charge >= 0.3 is 0 Å². The number of aryl methyl sites for hydroxylation is 1. The fourth-order valence-corrected chi connectivity index (χ4v) is 3.62. The van der Waals surface area contributed by atoms with Gasteiger partial charge in [0.2, 0.25) is 0 Å². The zero-order valence-corrected chi connectivity index (χ0v) is 16.4. The Bertz CT molecular complexity index is 900. The average molecular weight is 377 g/mol. The summed E-state index contributed by atoms with van der Waals surface area (Å²) in [5, 5.41) is 24.3. The Morgan fingerprint density at radius 1 is 1.43 bits per heavy atom. The second-order valence-electron chi connectivity index (χ2n) is 7.21. The topological polar surface area (TPSA) is 114 Å². The van der Waals surface area contributed by atoms with E-state index in [9.17, 15) is 0 Å². The number of aromatic nitrogens is 1. The van der Waals surface area contributed by atoms with Crippen LogP contribution in [-0.2, 0) is 6.54 Å². The van der Waals surface area contributed by atoms with Crippen molar-refractivity contribution in [3.05, 3.63) is 52.8 Å². The van der Waals surface area contributed by atoms with E-state index in [1.54, 1.807) is 6.20 Å². The summed E-state index contributed by atoms with van der Waals surface area (Å²) < 4.78 is 0. The van der Waals surface area contributed by atoms with Crippen LogP contribution in [0, 0.1) is 23.7 Å². The number of likely N-dealkylation sites (tertiary alicyclic amines) is 1. The fraction of sp³-hybridized carbons (Fsp3) is 0.381. The van der Waals surface area contributed by atoms with Crippen LogP contribution >= 0.6 is 0 Å². The van der Waals surface area contributed by atoms with Crippen molar-refractivity contribution in [2.45, 2.75) is 25.9 Å². The van der Waals surface area contributed by atoms with Gasteiger partial charge in [-0.25, -0.2) is 0 Å². The SMILES string of the molecule is CNCc1cc(C(=N)c2ccnc(C)c2)c(N)cc1NC1CCN(CC#N)C1. The van der Waals surface area contributed by atoms with Crippen LogP contribution in [0.5, 0.6) is 0 Å². The van der Waals surface area contributed by atoms with Crippen molar-refractivity contribution in [2.24, 2.45) is 0 Å². The summed E-state index contributed by atoms with van der Waals surface area (Å²) in [6, 6.07) is 10.2. The van der Waals surface area contributed by atoms with Crippen LogP contribution in [0.15, 0.2) is 30.5 Å². The lowest BCUT2D eigenvalue weighted by Gasteiger charge is -2.20. The summed E-state index contributed by atoms with van der Waals surface area (Å²) in [6.07, 6.45) is 2.71. The van der Waals surface area contributed by atoms with Crippen molar-refractivity contribution in [3.8, 4) is 6.07 Å². The summed E-state index contributed by atoms with van der Waals surface area (Å²) in [5.41, 5.74) is 11.8. The van der Waals surface area contributed by atoms with Crippen LogP contribution in [-0.4, -0.2) is 48.3 Å². The smallest absolute Gasteiger partial charge is 0.0866 e. The number of hydrogen-bond acceptors (Lipinski definition) is 7. The number of nitrogen functional groups attached to an aromatic ring is 1. The molecule has 0 saturated carbocycles. The van der Waals surface area contributed by atoms with E-state index >= 15 is 0 Å². The molecule has 1 aliphatic rings. The first kappa shape index (κ1) is 19.8. The molecule has 1 aromatic carbocycles. The molecule has 28 heavy (non-hydrogen) atoms. The van der Waals surface area contributed by atoms with Crippen LogP contribution in [0.4, 0.5) is 11.4 Å². The predicted molar refractivity (Wildman–Crippen MR) is 113 cm³/mol. The van der Waals surface area contributed by atoms with Gasteiger partial charge in [0.15, 0.2) is 0 Å². The maximum Gasteiger partial charge on any atom is 0.0866 e. The van der Waals surface area contributed by atoms with Gasteiger partial charge in [0.05, 0.1) is 18.3 Å². The minimum atomic E-state index is 0.288. The third-order valence-electron chi connectivity index (χ3n) is 5.02. The van der Waals surface area contributed by atoms with Crippen LogP contribution in [0.25, 0.3) is 0 Å². The van der Waals surface area contributed by atoms with E-state index in [1.165, 1.54) is 0 Å². The second-order valence-corrected chi connectivity index (χ2v) is 7.21. The van der Waals surface area contributed by atoms with Gasteiger partial charge < -0.3 is 16.4 Å². The van der Waals surface area contributed by atoms with Crippen molar-refractivity contribution in [3.63, 3.8) is 0 Å². The Labute approximate surface area is 166 Å². The first-order chi connectivity index (χ1) is 13.5. The second kappa shape index (κ2) is 8.83. The number of benzene rings is 1. The first-order valence-corrected chi connectivity index (χ1v) is 9.46. The Morgan fingerprint density at radius 2 is 2.25 bits per heavy atom. The monoisotopic (exact) mass is 377 g/mol. The molecule has 0 aliphatic carbocycles. The summed E-state index contributed by atoms with van der Waals surface area (Å²) >= 11 is 0. The molecule has 1 atom stereocenters. The standard InChI is InChI=1S/C21H27N7/c1-14-9-15(3-6-26-14)21(24)18-10-16(12-25-2)20(11-19(18)23)27-17-4-7-28(13-17)8-5-22/h3,6,9-11,17,24-25,27H,4,7-8,12-13,23H2,1-2H3. The van der Waals surface area contributed by atoms with Crippen LogP contribution in [0.3, 0.4) is 0 Å². The molecule has 0 bridgehead atoms. The summed E-state index contributed by atoms with van der Waals surface area (Å²) in [4.78, 5) is 6.35. The highest BCUT2D eigenvalue weighted by atomic mass is 15.2. The molecule has 1 aromatic heterocycles. The first-order valence-electron chi connectivity index (χ1n) is 9.46. The number of nitrogens with zero attached hydrogens (tertiary/aromatic N) is 3. The zero-order chi connectivity index (χ0) is 20.1. The molecule has 2 aromatic rings. The number of anilines is 2. The highest BCUT2D eigenvalue weighted by molar-refractivity contribution is 6.14. The molecule has 0 amide bonds. The van der Waals surface area contributed by atoms with Crippen molar-refractivity contribution in [2.75, 3.05) is 37.7 Å². The molecule has 2 heterocycles. The molecule has 7 nitrogen and oxygen atoms in total. The molecule has 146 valence electrons. The quantitative estimate of drug-likeness (QED) is 0.334. The minimum absolute atomic E-state index is 0.288. The molecule has 1 aliphatic heterocycles. The van der Waals surface area contributed by atoms with Gasteiger partial charge in [-0.2, -0.15) is 5.26 Å². The fourth-order valence-electron chi connectivity index (χ4n) is 3.62. The molecule has 5 N–H and O–H groups in total. The van der Waals surface area contributed by atoms with E-state index in [0.29, 0.717) is 24.5 Å². The summed E-state index contributed by atoms with van der Waals surface area (Å²) in [7, 11) is 1.90. The predicted octanol–water partition coefficient (Wildman–Crippen LogP) is 2.12. The lowest BCUT2D eigenvalue weighted by Crippen LogP contribution is -2.27. The van der Waals surface area contributed by atoms with E-state index < -0.39 is 0 Å². The number of rotatable bonds is 7. The van der Waals surface area contributed by atoms with Crippen molar-refractivity contribution >= 4 is 17.1 Å². The molecule has 1 saturated heterocycles. The van der Waals surface area contributed by atoms with Crippen LogP contribution < -0.4 is 16.4 Å². The number of nitrogens with one attached hydrogen (secondary N) is 3. The molecular formula is C21H27N7. The summed E-state index contributed by atoms with van der Waals surface area (Å²) in [6.45, 7) is 4.82. The van der Waals surface area contributed by atoms with Gasteiger partial charge in [-0.1, -0.05) is 0 Å². The third kappa shape index (κ3) is 4.47. The van der Waals surface area contributed by atoms with Gasteiger partial charge in [-0.3, -0.25) is 15.3 Å². The van der Waals surface area contributed by atoms with E-state index in [4.69, 9.17) is 16.4 Å². The molecule has 1 unspecified atom stereocenters. The van der Waals surface area contributed by atoms with Gasteiger partial charge in [-0.05, 0) is 50.2 Å². The highest BCUT2D eigenvalue weighted by Gasteiger charge is 2.23. The number of hydrogen-bond donors (Lipinski definition) is 4. The normalized spacial score (nSPS) is 16.7. The molecule has 1 fully saturated rings. The van der Waals surface area contributed by atoms with Gasteiger partial charge in [0.25, 0.3) is 0 Å². The Kier molecular flexibility index (Phi) is 6.24. The summed E-state index contributed by atoms with van der Waals surface area (Å²) in [5.74, 6) is 0. The zero-order valence-electron chi connectivity index (χ0n) is 16.4. The van der Waals surface area contributed by atoms with Gasteiger partial charge in [0.1, 0.15) is 0 Å².